The molecule has 0 bridgehead atoms. The van der Waals surface area contributed by atoms with E-state index in [0.717, 1.165) is 5.56 Å². The van der Waals surface area contributed by atoms with Crippen LogP contribution < -0.4 is 4.74 Å². The minimum absolute atomic E-state index is 0.00909. The number of hydrogen-bond donors (Lipinski definition) is 0. The Bertz CT molecular complexity index is 845. The lowest BCUT2D eigenvalue weighted by atomic mass is 10.2. The molecule has 0 radical (unpaired) electrons. The summed E-state index contributed by atoms with van der Waals surface area (Å²) in [6.07, 6.45) is 0. The normalized spacial score (nSPS) is 10.4. The Kier molecular flexibility index (Phi) is 4.82. The Hall–Kier alpha value is -2.79. The van der Waals surface area contributed by atoms with Crippen molar-refractivity contribution in [3.05, 3.63) is 70.9 Å². The van der Waals surface area contributed by atoms with Gasteiger partial charge in [-0.15, -0.1) is 0 Å². The molecule has 3 aromatic rings. The second kappa shape index (κ2) is 7.19. The predicted octanol–water partition coefficient (Wildman–Crippen LogP) is 4.36. The van der Waals surface area contributed by atoms with Gasteiger partial charge in [-0.1, -0.05) is 47.1 Å². The number of hydrogen-bond acceptors (Lipinski definition) is 5. The standard InChI is InChI=1S/C18H14ClNO4/c1-22-16-8-7-13(19)9-15(16)18(21)23-11-14-10-17(24-20-14)12-5-3-2-4-6-12/h2-10H,11H2,1H3. The largest absolute Gasteiger partial charge is 0.496 e. The van der Waals surface area contributed by atoms with Gasteiger partial charge in [0.25, 0.3) is 0 Å². The molecule has 0 aliphatic carbocycles. The summed E-state index contributed by atoms with van der Waals surface area (Å²) in [4.78, 5) is 12.2. The summed E-state index contributed by atoms with van der Waals surface area (Å²) in [5.74, 6) is 0.468. The number of methoxy groups -OCH3 is 1. The highest BCUT2D eigenvalue weighted by Crippen LogP contribution is 2.24. The highest BCUT2D eigenvalue weighted by molar-refractivity contribution is 6.31. The summed E-state index contributed by atoms with van der Waals surface area (Å²) in [7, 11) is 1.48. The van der Waals surface area contributed by atoms with Crippen molar-refractivity contribution in [1.29, 1.82) is 0 Å². The molecular weight excluding hydrogens is 330 g/mol. The monoisotopic (exact) mass is 343 g/mol. The number of rotatable bonds is 5. The van der Waals surface area contributed by atoms with Gasteiger partial charge in [0.2, 0.25) is 0 Å². The molecule has 1 heterocycles. The van der Waals surface area contributed by atoms with Gasteiger partial charge >= 0.3 is 5.97 Å². The minimum atomic E-state index is -0.543. The zero-order chi connectivity index (χ0) is 16.9. The Balaban J connectivity index is 1.69. The summed E-state index contributed by atoms with van der Waals surface area (Å²) in [6.45, 7) is -0.00909. The van der Waals surface area contributed by atoms with E-state index in [0.29, 0.717) is 22.2 Å². The zero-order valence-electron chi connectivity index (χ0n) is 12.9. The van der Waals surface area contributed by atoms with E-state index in [-0.39, 0.29) is 12.2 Å². The third-order valence-corrected chi connectivity index (χ3v) is 3.58. The molecule has 0 unspecified atom stereocenters. The van der Waals surface area contributed by atoms with Gasteiger partial charge in [-0.25, -0.2) is 4.79 Å². The molecule has 0 atom stereocenters. The first-order chi connectivity index (χ1) is 11.7. The van der Waals surface area contributed by atoms with Crippen molar-refractivity contribution in [1.82, 2.24) is 5.16 Å². The van der Waals surface area contributed by atoms with Crippen molar-refractivity contribution in [3.63, 3.8) is 0 Å². The molecule has 0 aliphatic heterocycles. The average Bonchev–Trinajstić information content (AvgIpc) is 3.09. The fourth-order valence-electron chi connectivity index (χ4n) is 2.18. The van der Waals surface area contributed by atoms with Crippen LogP contribution >= 0.6 is 11.6 Å². The van der Waals surface area contributed by atoms with Gasteiger partial charge in [-0.3, -0.25) is 0 Å². The molecule has 6 heteroatoms. The van der Waals surface area contributed by atoms with Gasteiger partial charge in [0.1, 0.15) is 23.6 Å². The third kappa shape index (κ3) is 3.58. The number of nitrogens with zero attached hydrogens (tertiary/aromatic N) is 1. The predicted molar refractivity (Wildman–Crippen MR) is 89.1 cm³/mol. The molecule has 5 nitrogen and oxygen atoms in total. The van der Waals surface area contributed by atoms with Crippen molar-refractivity contribution in [2.75, 3.05) is 7.11 Å². The number of ether oxygens (including phenoxy) is 2. The minimum Gasteiger partial charge on any atom is -0.496 e. The average molecular weight is 344 g/mol. The van der Waals surface area contributed by atoms with Crippen LogP contribution in [0.2, 0.25) is 5.02 Å². The van der Waals surface area contributed by atoms with Gasteiger partial charge < -0.3 is 14.0 Å². The summed E-state index contributed by atoms with van der Waals surface area (Å²) in [6, 6.07) is 16.0. The zero-order valence-corrected chi connectivity index (χ0v) is 13.6. The molecule has 122 valence electrons. The summed E-state index contributed by atoms with van der Waals surface area (Å²) < 4.78 is 15.7. The van der Waals surface area contributed by atoms with Crippen LogP contribution in [-0.2, 0) is 11.3 Å². The fraction of sp³-hybridized carbons (Fsp3) is 0.111. The van der Waals surface area contributed by atoms with E-state index in [2.05, 4.69) is 5.16 Å². The molecule has 3 rings (SSSR count). The van der Waals surface area contributed by atoms with Gasteiger partial charge in [0.05, 0.1) is 7.11 Å². The van der Waals surface area contributed by atoms with Crippen LogP contribution in [-0.4, -0.2) is 18.2 Å². The molecule has 0 amide bonds. The Morgan fingerprint density at radius 3 is 2.71 bits per heavy atom. The lowest BCUT2D eigenvalue weighted by Crippen LogP contribution is -2.07. The van der Waals surface area contributed by atoms with Crippen molar-refractivity contribution in [2.24, 2.45) is 0 Å². The number of esters is 1. The van der Waals surface area contributed by atoms with Gasteiger partial charge in [0, 0.05) is 16.7 Å². The first kappa shape index (κ1) is 16.1. The van der Waals surface area contributed by atoms with Crippen LogP contribution in [0.3, 0.4) is 0 Å². The molecule has 0 saturated carbocycles. The summed E-state index contributed by atoms with van der Waals surface area (Å²) in [5.41, 5.74) is 1.68. The lowest BCUT2D eigenvalue weighted by Gasteiger charge is -2.08. The number of benzene rings is 2. The fourth-order valence-corrected chi connectivity index (χ4v) is 2.35. The van der Waals surface area contributed by atoms with E-state index in [4.69, 9.17) is 25.6 Å². The van der Waals surface area contributed by atoms with E-state index in [9.17, 15) is 4.79 Å². The lowest BCUT2D eigenvalue weighted by molar-refractivity contribution is 0.0460. The molecule has 24 heavy (non-hydrogen) atoms. The van der Waals surface area contributed by atoms with Gasteiger partial charge in [-0.2, -0.15) is 0 Å². The molecule has 0 N–H and O–H groups in total. The van der Waals surface area contributed by atoms with Gasteiger partial charge in [-0.05, 0) is 18.2 Å². The Morgan fingerprint density at radius 2 is 1.96 bits per heavy atom. The second-order valence-electron chi connectivity index (χ2n) is 4.97. The number of halogens is 1. The van der Waals surface area contributed by atoms with E-state index >= 15 is 0 Å². The van der Waals surface area contributed by atoms with Crippen molar-refractivity contribution >= 4 is 17.6 Å². The smallest absolute Gasteiger partial charge is 0.342 e. The summed E-state index contributed by atoms with van der Waals surface area (Å²) in [5, 5.41) is 4.34. The highest BCUT2D eigenvalue weighted by Gasteiger charge is 2.16. The molecule has 2 aromatic carbocycles. The van der Waals surface area contributed by atoms with Crippen LogP contribution in [0.1, 0.15) is 16.1 Å². The molecule has 0 aliphatic rings. The maximum Gasteiger partial charge on any atom is 0.342 e. The number of carbonyl (C=O) groups excluding carboxylic acids is 1. The van der Waals surface area contributed by atoms with Crippen molar-refractivity contribution in [3.8, 4) is 17.1 Å². The Labute approximate surface area is 143 Å². The molecule has 0 fully saturated rings. The van der Waals surface area contributed by atoms with Crippen LogP contribution in [0.15, 0.2) is 59.1 Å². The van der Waals surface area contributed by atoms with Crippen LogP contribution in [0.5, 0.6) is 5.75 Å². The molecule has 1 aromatic heterocycles. The van der Waals surface area contributed by atoms with Crippen molar-refractivity contribution < 1.29 is 18.8 Å². The molecule has 0 saturated heterocycles. The highest BCUT2D eigenvalue weighted by atomic mass is 35.5. The molecule has 0 spiro atoms. The van der Waals surface area contributed by atoms with Crippen LogP contribution in [0.25, 0.3) is 11.3 Å². The Morgan fingerprint density at radius 1 is 1.17 bits per heavy atom. The topological polar surface area (TPSA) is 61.6 Å². The van der Waals surface area contributed by atoms with Crippen LogP contribution in [0, 0.1) is 0 Å². The maximum absolute atomic E-state index is 12.2. The van der Waals surface area contributed by atoms with Crippen molar-refractivity contribution in [2.45, 2.75) is 6.61 Å². The second-order valence-corrected chi connectivity index (χ2v) is 5.41. The number of carbonyl (C=O) groups is 1. The summed E-state index contributed by atoms with van der Waals surface area (Å²) >= 11 is 5.92. The van der Waals surface area contributed by atoms with E-state index in [1.54, 1.807) is 18.2 Å². The van der Waals surface area contributed by atoms with E-state index in [1.165, 1.54) is 13.2 Å². The SMILES string of the molecule is COc1ccc(Cl)cc1C(=O)OCc1cc(-c2ccccc2)on1. The van der Waals surface area contributed by atoms with E-state index in [1.807, 2.05) is 30.3 Å². The quantitative estimate of drug-likeness (QED) is 0.644. The number of aromatic nitrogens is 1. The third-order valence-electron chi connectivity index (χ3n) is 3.35. The van der Waals surface area contributed by atoms with Gasteiger partial charge in [0.15, 0.2) is 5.76 Å². The first-order valence-electron chi connectivity index (χ1n) is 7.19. The molecular formula is C18H14ClNO4. The first-order valence-corrected chi connectivity index (χ1v) is 7.57. The maximum atomic E-state index is 12.2. The van der Waals surface area contributed by atoms with E-state index < -0.39 is 5.97 Å². The van der Waals surface area contributed by atoms with Crippen LogP contribution in [0.4, 0.5) is 0 Å².